The predicted octanol–water partition coefficient (Wildman–Crippen LogP) is 0.511. The first-order chi connectivity index (χ1) is 5.60. The van der Waals surface area contributed by atoms with Crippen molar-refractivity contribution in [3.05, 3.63) is 0 Å². The van der Waals surface area contributed by atoms with Crippen molar-refractivity contribution in [1.82, 2.24) is 0 Å². The summed E-state index contributed by atoms with van der Waals surface area (Å²) in [4.78, 5) is 0. The molecular weight excluding hydrogens is 160 g/mol. The van der Waals surface area contributed by atoms with Crippen molar-refractivity contribution in [2.45, 2.75) is 31.5 Å². The first-order valence-electron chi connectivity index (χ1n) is 4.10. The lowest BCUT2D eigenvalue weighted by molar-refractivity contribution is -0.390. The maximum Gasteiger partial charge on any atom is 0.220 e. The average molecular weight is 174 g/mol. The Labute approximate surface area is 71.7 Å². The van der Waals surface area contributed by atoms with Crippen LogP contribution in [0.25, 0.3) is 0 Å². The summed E-state index contributed by atoms with van der Waals surface area (Å²) in [6.45, 7) is 4.81. The lowest BCUT2D eigenvalue weighted by Gasteiger charge is -2.43. The molecule has 0 aliphatic carbocycles. The summed E-state index contributed by atoms with van der Waals surface area (Å²) in [7, 11) is 1.59. The van der Waals surface area contributed by atoms with E-state index in [1.54, 1.807) is 7.11 Å². The quantitative estimate of drug-likeness (QED) is 0.580. The van der Waals surface area contributed by atoms with Gasteiger partial charge < -0.3 is 18.9 Å². The number of methoxy groups -OCH3 is 1. The molecule has 2 rings (SSSR count). The standard InChI is InChI=1S/C8H14O4/c1-7(9-3)8(2)11-5-6(12-8)4-10-7/h6H,4-5H2,1-3H3/t6-,7+,8+/m0/s1. The van der Waals surface area contributed by atoms with Crippen LogP contribution >= 0.6 is 0 Å². The van der Waals surface area contributed by atoms with Crippen molar-refractivity contribution in [2.24, 2.45) is 0 Å². The Morgan fingerprint density at radius 3 is 2.58 bits per heavy atom. The molecule has 0 aromatic heterocycles. The van der Waals surface area contributed by atoms with Gasteiger partial charge in [0.1, 0.15) is 6.10 Å². The van der Waals surface area contributed by atoms with Gasteiger partial charge in [-0.05, 0) is 13.8 Å². The first kappa shape index (κ1) is 8.44. The molecule has 2 saturated heterocycles. The van der Waals surface area contributed by atoms with Crippen molar-refractivity contribution in [2.75, 3.05) is 20.3 Å². The van der Waals surface area contributed by atoms with E-state index in [0.29, 0.717) is 13.2 Å². The minimum absolute atomic E-state index is 0.0678. The molecule has 2 fully saturated rings. The smallest absolute Gasteiger partial charge is 0.220 e. The topological polar surface area (TPSA) is 36.9 Å². The van der Waals surface area contributed by atoms with Gasteiger partial charge in [0.15, 0.2) is 0 Å². The predicted molar refractivity (Wildman–Crippen MR) is 40.6 cm³/mol. The van der Waals surface area contributed by atoms with Gasteiger partial charge in [0, 0.05) is 7.11 Å². The zero-order valence-electron chi connectivity index (χ0n) is 7.62. The average Bonchev–Trinajstić information content (AvgIpc) is 2.40. The van der Waals surface area contributed by atoms with Gasteiger partial charge in [-0.1, -0.05) is 0 Å². The molecule has 12 heavy (non-hydrogen) atoms. The maximum absolute atomic E-state index is 5.62. The third-order valence-corrected chi connectivity index (χ3v) is 2.70. The van der Waals surface area contributed by atoms with E-state index >= 15 is 0 Å². The van der Waals surface area contributed by atoms with Crippen LogP contribution in [0.3, 0.4) is 0 Å². The molecule has 0 aromatic rings. The fourth-order valence-electron chi connectivity index (χ4n) is 1.59. The summed E-state index contributed by atoms with van der Waals surface area (Å²) in [5.41, 5.74) is 0. The molecule has 2 bridgehead atoms. The van der Waals surface area contributed by atoms with Crippen LogP contribution in [-0.2, 0) is 18.9 Å². The van der Waals surface area contributed by atoms with Crippen molar-refractivity contribution in [3.63, 3.8) is 0 Å². The maximum atomic E-state index is 5.62. The normalized spacial score (nSPS) is 52.8. The second-order valence-corrected chi connectivity index (χ2v) is 3.46. The molecule has 0 aromatic carbocycles. The SMILES string of the molecule is CO[C@]1(C)OC[C@H]2CO[C@]1(C)O2. The van der Waals surface area contributed by atoms with E-state index in [9.17, 15) is 0 Å². The molecule has 0 unspecified atom stereocenters. The van der Waals surface area contributed by atoms with Crippen molar-refractivity contribution in [3.8, 4) is 0 Å². The zero-order chi connectivity index (χ0) is 8.82. The highest BCUT2D eigenvalue weighted by atomic mass is 16.8. The molecule has 4 nitrogen and oxygen atoms in total. The first-order valence-corrected chi connectivity index (χ1v) is 4.10. The van der Waals surface area contributed by atoms with Crippen LogP contribution in [-0.4, -0.2) is 38.0 Å². The Hall–Kier alpha value is -0.160. The van der Waals surface area contributed by atoms with E-state index < -0.39 is 11.6 Å². The Bertz CT molecular complexity index is 193. The Morgan fingerprint density at radius 2 is 1.92 bits per heavy atom. The molecule has 0 spiro atoms. The van der Waals surface area contributed by atoms with Gasteiger partial charge in [-0.15, -0.1) is 0 Å². The summed E-state index contributed by atoms with van der Waals surface area (Å²) < 4.78 is 21.9. The van der Waals surface area contributed by atoms with E-state index in [2.05, 4.69) is 0 Å². The second-order valence-electron chi connectivity index (χ2n) is 3.46. The van der Waals surface area contributed by atoms with E-state index in [1.165, 1.54) is 0 Å². The van der Waals surface area contributed by atoms with Crippen LogP contribution in [0.4, 0.5) is 0 Å². The van der Waals surface area contributed by atoms with Gasteiger partial charge in [0.05, 0.1) is 13.2 Å². The molecule has 0 amide bonds. The summed E-state index contributed by atoms with van der Waals surface area (Å²) in [6.07, 6.45) is 0.0678. The minimum atomic E-state index is -0.778. The highest BCUT2D eigenvalue weighted by molar-refractivity contribution is 4.91. The summed E-state index contributed by atoms with van der Waals surface area (Å²) >= 11 is 0. The van der Waals surface area contributed by atoms with Crippen LogP contribution in [0.2, 0.25) is 0 Å². The van der Waals surface area contributed by atoms with Gasteiger partial charge in [-0.2, -0.15) is 0 Å². The number of rotatable bonds is 1. The van der Waals surface area contributed by atoms with Crippen molar-refractivity contribution >= 4 is 0 Å². The zero-order valence-corrected chi connectivity index (χ0v) is 7.62. The molecule has 2 aliphatic rings. The third-order valence-electron chi connectivity index (χ3n) is 2.70. The third kappa shape index (κ3) is 0.925. The molecule has 0 radical (unpaired) electrons. The minimum Gasteiger partial charge on any atom is -0.349 e. The highest BCUT2D eigenvalue weighted by Gasteiger charge is 2.57. The number of ether oxygens (including phenoxy) is 4. The molecule has 0 saturated carbocycles. The second kappa shape index (κ2) is 2.42. The summed E-state index contributed by atoms with van der Waals surface area (Å²) in [5.74, 6) is -1.52. The van der Waals surface area contributed by atoms with Gasteiger partial charge >= 0.3 is 0 Å². The fraction of sp³-hybridized carbons (Fsp3) is 1.00. The van der Waals surface area contributed by atoms with Crippen LogP contribution < -0.4 is 0 Å². The molecule has 0 N–H and O–H groups in total. The monoisotopic (exact) mass is 174 g/mol. The summed E-state index contributed by atoms with van der Waals surface area (Å²) in [5, 5.41) is 0. The number of hydrogen-bond acceptors (Lipinski definition) is 4. The Kier molecular flexibility index (Phi) is 1.70. The van der Waals surface area contributed by atoms with Crippen LogP contribution in [0.1, 0.15) is 13.8 Å². The molecule has 2 heterocycles. The van der Waals surface area contributed by atoms with E-state index in [-0.39, 0.29) is 6.10 Å². The van der Waals surface area contributed by atoms with Crippen LogP contribution in [0.15, 0.2) is 0 Å². The van der Waals surface area contributed by atoms with Crippen molar-refractivity contribution in [1.29, 1.82) is 0 Å². The molecule has 2 aliphatic heterocycles. The largest absolute Gasteiger partial charge is 0.349 e. The number of hydrogen-bond donors (Lipinski definition) is 0. The lowest BCUT2D eigenvalue weighted by Crippen LogP contribution is -2.57. The van der Waals surface area contributed by atoms with Gasteiger partial charge in [-0.25, -0.2) is 0 Å². The highest BCUT2D eigenvalue weighted by Crippen LogP contribution is 2.40. The molecule has 70 valence electrons. The van der Waals surface area contributed by atoms with E-state index in [4.69, 9.17) is 18.9 Å². The van der Waals surface area contributed by atoms with Crippen LogP contribution in [0, 0.1) is 0 Å². The lowest BCUT2D eigenvalue weighted by atomic mass is 10.1. The molecule has 4 heteroatoms. The van der Waals surface area contributed by atoms with Gasteiger partial charge in [0.25, 0.3) is 0 Å². The number of fused-ring (bicyclic) bond motifs is 2. The van der Waals surface area contributed by atoms with Gasteiger partial charge in [0.2, 0.25) is 11.6 Å². The van der Waals surface area contributed by atoms with E-state index in [1.807, 2.05) is 13.8 Å². The van der Waals surface area contributed by atoms with Crippen LogP contribution in [0.5, 0.6) is 0 Å². The summed E-state index contributed by atoms with van der Waals surface area (Å²) in [6, 6.07) is 0. The Morgan fingerprint density at radius 1 is 1.25 bits per heavy atom. The Balaban J connectivity index is 2.25. The molecular formula is C8H14O4. The van der Waals surface area contributed by atoms with Crippen molar-refractivity contribution < 1.29 is 18.9 Å². The van der Waals surface area contributed by atoms with E-state index in [0.717, 1.165) is 0 Å². The molecule has 3 atom stereocenters. The fourth-order valence-corrected chi connectivity index (χ4v) is 1.59. The van der Waals surface area contributed by atoms with Gasteiger partial charge in [-0.3, -0.25) is 0 Å².